The zero-order chi connectivity index (χ0) is 13.4. The highest BCUT2D eigenvalue weighted by Crippen LogP contribution is 2.11. The second-order valence-electron chi connectivity index (χ2n) is 3.47. The van der Waals surface area contributed by atoms with Crippen molar-refractivity contribution >= 4 is 17.8 Å². The first-order valence-electron chi connectivity index (χ1n) is 5.30. The molecule has 0 fully saturated rings. The van der Waals surface area contributed by atoms with Crippen LogP contribution in [0.5, 0.6) is 0 Å². The van der Waals surface area contributed by atoms with Crippen LogP contribution in [-0.4, -0.2) is 28.8 Å². The molecule has 0 unspecified atom stereocenters. The lowest BCUT2D eigenvalue weighted by Crippen LogP contribution is -2.17. The zero-order valence-electron chi connectivity index (χ0n) is 9.57. The SMILES string of the molecule is O=C(CCCO)N/N=C\c1cccc([N+](=O)[O-])c1. The molecule has 1 amide bonds. The van der Waals surface area contributed by atoms with E-state index in [4.69, 9.17) is 5.11 Å². The number of nitro groups is 1. The number of carbonyl (C=O) groups is 1. The van der Waals surface area contributed by atoms with E-state index in [2.05, 4.69) is 10.5 Å². The third-order valence-electron chi connectivity index (χ3n) is 2.05. The Labute approximate surface area is 103 Å². The summed E-state index contributed by atoms with van der Waals surface area (Å²) in [5, 5.41) is 22.7. The number of nitrogens with zero attached hydrogens (tertiary/aromatic N) is 2. The number of hydrazone groups is 1. The third kappa shape index (κ3) is 4.71. The molecule has 0 aliphatic carbocycles. The van der Waals surface area contributed by atoms with Crippen LogP contribution in [0.15, 0.2) is 29.4 Å². The predicted molar refractivity (Wildman–Crippen MR) is 65.2 cm³/mol. The first kappa shape index (κ1) is 13.8. The van der Waals surface area contributed by atoms with E-state index in [1.807, 2.05) is 0 Å². The average Bonchev–Trinajstić information content (AvgIpc) is 2.36. The van der Waals surface area contributed by atoms with Crippen LogP contribution in [0.4, 0.5) is 5.69 Å². The average molecular weight is 251 g/mol. The lowest BCUT2D eigenvalue weighted by Gasteiger charge is -1.97. The van der Waals surface area contributed by atoms with E-state index in [0.29, 0.717) is 12.0 Å². The topological polar surface area (TPSA) is 105 Å². The van der Waals surface area contributed by atoms with Crippen molar-refractivity contribution in [3.8, 4) is 0 Å². The van der Waals surface area contributed by atoms with Gasteiger partial charge in [0.2, 0.25) is 5.91 Å². The number of nitrogens with one attached hydrogen (secondary N) is 1. The Balaban J connectivity index is 2.54. The van der Waals surface area contributed by atoms with E-state index in [9.17, 15) is 14.9 Å². The van der Waals surface area contributed by atoms with Crippen LogP contribution in [0.25, 0.3) is 0 Å². The quantitative estimate of drug-likeness (QED) is 0.443. The number of aliphatic hydroxyl groups excluding tert-OH is 1. The zero-order valence-corrected chi connectivity index (χ0v) is 9.57. The van der Waals surface area contributed by atoms with Crippen LogP contribution >= 0.6 is 0 Å². The van der Waals surface area contributed by atoms with Gasteiger partial charge in [0, 0.05) is 30.7 Å². The van der Waals surface area contributed by atoms with Crippen molar-refractivity contribution in [2.24, 2.45) is 5.10 Å². The fourth-order valence-corrected chi connectivity index (χ4v) is 1.19. The minimum atomic E-state index is -0.503. The van der Waals surface area contributed by atoms with Gasteiger partial charge in [0.05, 0.1) is 11.1 Å². The van der Waals surface area contributed by atoms with Gasteiger partial charge in [-0.2, -0.15) is 5.10 Å². The maximum atomic E-state index is 11.1. The van der Waals surface area contributed by atoms with Crippen molar-refractivity contribution in [3.05, 3.63) is 39.9 Å². The second-order valence-corrected chi connectivity index (χ2v) is 3.47. The first-order chi connectivity index (χ1) is 8.63. The molecular formula is C11H13N3O4. The van der Waals surface area contributed by atoms with Crippen molar-refractivity contribution in [3.63, 3.8) is 0 Å². The van der Waals surface area contributed by atoms with Crippen LogP contribution in [0.1, 0.15) is 18.4 Å². The summed E-state index contributed by atoms with van der Waals surface area (Å²) < 4.78 is 0. The molecule has 0 saturated heterocycles. The summed E-state index contributed by atoms with van der Waals surface area (Å²) in [5.41, 5.74) is 2.75. The molecule has 1 aromatic carbocycles. The highest BCUT2D eigenvalue weighted by Gasteiger charge is 2.04. The fraction of sp³-hybridized carbons (Fsp3) is 0.273. The Kier molecular flexibility index (Phi) is 5.46. The molecule has 0 bridgehead atoms. The minimum Gasteiger partial charge on any atom is -0.396 e. The fourth-order valence-electron chi connectivity index (χ4n) is 1.19. The lowest BCUT2D eigenvalue weighted by molar-refractivity contribution is -0.384. The molecule has 0 atom stereocenters. The maximum Gasteiger partial charge on any atom is 0.270 e. The standard InChI is InChI=1S/C11H13N3O4/c15-6-2-5-11(16)13-12-8-9-3-1-4-10(7-9)14(17)18/h1,3-4,7-8,15H,2,5-6H2,(H,13,16)/b12-8-. The number of non-ortho nitro benzene ring substituents is 1. The molecule has 1 rings (SSSR count). The van der Waals surface area contributed by atoms with Crippen LogP contribution < -0.4 is 5.43 Å². The van der Waals surface area contributed by atoms with Gasteiger partial charge >= 0.3 is 0 Å². The van der Waals surface area contributed by atoms with Crippen LogP contribution in [-0.2, 0) is 4.79 Å². The molecule has 0 radical (unpaired) electrons. The number of aliphatic hydroxyl groups is 1. The number of hydrogen-bond donors (Lipinski definition) is 2. The highest BCUT2D eigenvalue weighted by molar-refractivity contribution is 5.83. The Morgan fingerprint density at radius 1 is 1.56 bits per heavy atom. The van der Waals surface area contributed by atoms with Gasteiger partial charge in [0.1, 0.15) is 0 Å². The Morgan fingerprint density at radius 2 is 2.33 bits per heavy atom. The van der Waals surface area contributed by atoms with Crippen molar-refractivity contribution < 1.29 is 14.8 Å². The molecule has 0 heterocycles. The van der Waals surface area contributed by atoms with E-state index in [0.717, 1.165) is 0 Å². The molecule has 0 saturated carbocycles. The minimum absolute atomic E-state index is 0.0365. The van der Waals surface area contributed by atoms with Crippen LogP contribution in [0.3, 0.4) is 0 Å². The van der Waals surface area contributed by atoms with E-state index in [1.54, 1.807) is 6.07 Å². The summed E-state index contributed by atoms with van der Waals surface area (Å²) in [6.07, 6.45) is 1.88. The van der Waals surface area contributed by atoms with Crippen molar-refractivity contribution in [1.82, 2.24) is 5.43 Å². The third-order valence-corrected chi connectivity index (χ3v) is 2.05. The number of hydrogen-bond acceptors (Lipinski definition) is 5. The lowest BCUT2D eigenvalue weighted by atomic mass is 10.2. The van der Waals surface area contributed by atoms with Crippen molar-refractivity contribution in [2.45, 2.75) is 12.8 Å². The molecule has 7 nitrogen and oxygen atoms in total. The van der Waals surface area contributed by atoms with E-state index < -0.39 is 4.92 Å². The number of carbonyl (C=O) groups excluding carboxylic acids is 1. The number of benzene rings is 1. The predicted octanol–water partition coefficient (Wildman–Crippen LogP) is 0.817. The maximum absolute atomic E-state index is 11.1. The molecule has 7 heteroatoms. The van der Waals surface area contributed by atoms with E-state index in [1.165, 1.54) is 24.4 Å². The van der Waals surface area contributed by atoms with Gasteiger partial charge in [0.15, 0.2) is 0 Å². The summed E-state index contributed by atoms with van der Waals surface area (Å²) >= 11 is 0. The summed E-state index contributed by atoms with van der Waals surface area (Å²) in [6.45, 7) is -0.0536. The van der Waals surface area contributed by atoms with Gasteiger partial charge < -0.3 is 5.11 Å². The smallest absolute Gasteiger partial charge is 0.270 e. The number of amides is 1. The van der Waals surface area contributed by atoms with Gasteiger partial charge in [0.25, 0.3) is 5.69 Å². The Morgan fingerprint density at radius 3 is 3.00 bits per heavy atom. The molecule has 0 aliphatic heterocycles. The van der Waals surface area contributed by atoms with E-state index in [-0.39, 0.29) is 24.6 Å². The Bertz CT molecular complexity index is 459. The van der Waals surface area contributed by atoms with Gasteiger partial charge in [-0.25, -0.2) is 5.43 Å². The largest absolute Gasteiger partial charge is 0.396 e. The van der Waals surface area contributed by atoms with Gasteiger partial charge in [-0.3, -0.25) is 14.9 Å². The summed E-state index contributed by atoms with van der Waals surface area (Å²) in [6, 6.07) is 5.89. The van der Waals surface area contributed by atoms with Crippen molar-refractivity contribution in [1.29, 1.82) is 0 Å². The number of rotatable bonds is 6. The normalized spacial score (nSPS) is 10.5. The second kappa shape index (κ2) is 7.13. The highest BCUT2D eigenvalue weighted by atomic mass is 16.6. The number of nitro benzene ring substituents is 1. The molecule has 96 valence electrons. The molecule has 0 aromatic heterocycles. The molecule has 0 spiro atoms. The molecule has 1 aromatic rings. The molecular weight excluding hydrogens is 238 g/mol. The van der Waals surface area contributed by atoms with Crippen molar-refractivity contribution in [2.75, 3.05) is 6.61 Å². The van der Waals surface area contributed by atoms with E-state index >= 15 is 0 Å². The summed E-state index contributed by atoms with van der Waals surface area (Å²) in [5.74, 6) is -0.314. The summed E-state index contributed by atoms with van der Waals surface area (Å²) in [4.78, 5) is 21.1. The Hall–Kier alpha value is -2.28. The molecule has 18 heavy (non-hydrogen) atoms. The van der Waals surface area contributed by atoms with Crippen LogP contribution in [0, 0.1) is 10.1 Å². The molecule has 2 N–H and O–H groups in total. The van der Waals surface area contributed by atoms with Gasteiger partial charge in [-0.15, -0.1) is 0 Å². The van der Waals surface area contributed by atoms with Gasteiger partial charge in [-0.1, -0.05) is 12.1 Å². The molecule has 0 aliphatic rings. The van der Waals surface area contributed by atoms with Crippen LogP contribution in [0.2, 0.25) is 0 Å². The first-order valence-corrected chi connectivity index (χ1v) is 5.30. The van der Waals surface area contributed by atoms with Gasteiger partial charge in [-0.05, 0) is 6.42 Å². The monoisotopic (exact) mass is 251 g/mol. The summed E-state index contributed by atoms with van der Waals surface area (Å²) in [7, 11) is 0.